The third-order valence-electron chi connectivity index (χ3n) is 4.34. The summed E-state index contributed by atoms with van der Waals surface area (Å²) in [6.45, 7) is 0.415. The highest BCUT2D eigenvalue weighted by Gasteiger charge is 2.10. The van der Waals surface area contributed by atoms with E-state index in [1.165, 1.54) is 6.07 Å². The predicted octanol–water partition coefficient (Wildman–Crippen LogP) is 3.66. The molecule has 0 atom stereocenters. The molecule has 0 aliphatic heterocycles. The third-order valence-corrected chi connectivity index (χ3v) is 4.34. The van der Waals surface area contributed by atoms with Gasteiger partial charge in [0.2, 0.25) is 5.91 Å². The molecule has 0 aliphatic carbocycles. The van der Waals surface area contributed by atoms with Crippen LogP contribution in [0.3, 0.4) is 0 Å². The van der Waals surface area contributed by atoms with Gasteiger partial charge in [0.1, 0.15) is 5.58 Å². The molecule has 128 valence electrons. The van der Waals surface area contributed by atoms with Gasteiger partial charge in [0.05, 0.1) is 0 Å². The number of fused-ring (bicyclic) bond motifs is 3. The van der Waals surface area contributed by atoms with Gasteiger partial charge in [-0.3, -0.25) is 4.79 Å². The lowest BCUT2D eigenvalue weighted by atomic mass is 10.0. The van der Waals surface area contributed by atoms with Crippen LogP contribution in [0.2, 0.25) is 0 Å². The molecule has 0 saturated heterocycles. The molecule has 0 fully saturated rings. The minimum absolute atomic E-state index is 0.393. The van der Waals surface area contributed by atoms with E-state index in [2.05, 4.69) is 5.32 Å². The van der Waals surface area contributed by atoms with Crippen molar-refractivity contribution in [3.05, 3.63) is 88.3 Å². The Balaban J connectivity index is 1.78. The number of anilines is 1. The molecule has 5 nitrogen and oxygen atoms in total. The van der Waals surface area contributed by atoms with Crippen molar-refractivity contribution in [1.82, 2.24) is 0 Å². The lowest BCUT2D eigenvalue weighted by Gasteiger charge is -2.11. The number of nitrogens with one attached hydrogen (secondary N) is 1. The van der Waals surface area contributed by atoms with Crippen molar-refractivity contribution in [2.24, 2.45) is 5.73 Å². The highest BCUT2D eigenvalue weighted by atomic mass is 16.4. The van der Waals surface area contributed by atoms with E-state index in [1.54, 1.807) is 18.2 Å². The second-order valence-corrected chi connectivity index (χ2v) is 6.05. The van der Waals surface area contributed by atoms with Gasteiger partial charge in [-0.05, 0) is 40.6 Å². The molecule has 4 aromatic rings. The summed E-state index contributed by atoms with van der Waals surface area (Å²) in [7, 11) is 0. The number of carbonyl (C=O) groups excluding carboxylic acids is 1. The Morgan fingerprint density at radius 1 is 1.00 bits per heavy atom. The number of hydrogen-bond acceptors (Lipinski definition) is 4. The van der Waals surface area contributed by atoms with Crippen molar-refractivity contribution in [2.75, 3.05) is 5.32 Å². The normalized spacial score (nSPS) is 10.9. The van der Waals surface area contributed by atoms with Gasteiger partial charge in [-0.2, -0.15) is 0 Å². The maximum atomic E-state index is 11.9. The average molecular weight is 344 g/mol. The summed E-state index contributed by atoms with van der Waals surface area (Å²) in [5.41, 5.74) is 7.50. The Morgan fingerprint density at radius 2 is 1.85 bits per heavy atom. The number of hydrogen-bond donors (Lipinski definition) is 2. The monoisotopic (exact) mass is 344 g/mol. The van der Waals surface area contributed by atoms with Crippen molar-refractivity contribution in [3.63, 3.8) is 0 Å². The maximum absolute atomic E-state index is 11.9. The van der Waals surface area contributed by atoms with E-state index >= 15 is 0 Å². The Morgan fingerprint density at radius 3 is 2.69 bits per heavy atom. The minimum atomic E-state index is -0.481. The lowest BCUT2D eigenvalue weighted by Crippen LogP contribution is -2.11. The zero-order valence-corrected chi connectivity index (χ0v) is 13.9. The second-order valence-electron chi connectivity index (χ2n) is 6.05. The van der Waals surface area contributed by atoms with E-state index in [9.17, 15) is 9.59 Å². The Kier molecular flexibility index (Phi) is 3.89. The minimum Gasteiger partial charge on any atom is -0.423 e. The Hall–Kier alpha value is -3.60. The van der Waals surface area contributed by atoms with Crippen molar-refractivity contribution < 1.29 is 9.21 Å². The van der Waals surface area contributed by atoms with E-state index in [4.69, 9.17) is 10.2 Å². The first-order chi connectivity index (χ1) is 12.6. The van der Waals surface area contributed by atoms with Gasteiger partial charge in [0.25, 0.3) is 0 Å². The first kappa shape index (κ1) is 15.9. The van der Waals surface area contributed by atoms with Gasteiger partial charge in [-0.15, -0.1) is 0 Å². The molecule has 26 heavy (non-hydrogen) atoms. The largest absolute Gasteiger partial charge is 0.423 e. The topological polar surface area (TPSA) is 85.3 Å². The summed E-state index contributed by atoms with van der Waals surface area (Å²) in [5, 5.41) is 6.26. The number of rotatable bonds is 4. The van der Waals surface area contributed by atoms with Gasteiger partial charge in [-0.25, -0.2) is 4.79 Å². The van der Waals surface area contributed by atoms with Crippen LogP contribution >= 0.6 is 0 Å². The number of amides is 1. The van der Waals surface area contributed by atoms with Crippen LogP contribution in [0.15, 0.2) is 75.9 Å². The van der Waals surface area contributed by atoms with Crippen LogP contribution in [0.25, 0.3) is 21.7 Å². The van der Waals surface area contributed by atoms with Crippen LogP contribution < -0.4 is 16.7 Å². The van der Waals surface area contributed by atoms with Gasteiger partial charge in [0, 0.05) is 29.2 Å². The number of benzene rings is 3. The molecule has 0 spiro atoms. The molecule has 0 unspecified atom stereocenters. The fourth-order valence-electron chi connectivity index (χ4n) is 3.14. The predicted molar refractivity (Wildman–Crippen MR) is 102 cm³/mol. The number of carbonyl (C=O) groups is 1. The molecule has 3 aromatic carbocycles. The van der Waals surface area contributed by atoms with Gasteiger partial charge in [-0.1, -0.05) is 36.4 Å². The quantitative estimate of drug-likeness (QED) is 0.437. The summed E-state index contributed by atoms with van der Waals surface area (Å²) in [5.74, 6) is -0.481. The molecular weight excluding hydrogens is 328 g/mol. The molecule has 1 amide bonds. The summed E-state index contributed by atoms with van der Waals surface area (Å²) in [4.78, 5) is 23.3. The Labute approximate surface area is 149 Å². The van der Waals surface area contributed by atoms with Crippen molar-refractivity contribution in [1.29, 1.82) is 0 Å². The Bertz CT molecular complexity index is 1190. The highest BCUT2D eigenvalue weighted by molar-refractivity contribution is 6.07. The van der Waals surface area contributed by atoms with Crippen molar-refractivity contribution in [3.8, 4) is 0 Å². The molecule has 0 aliphatic rings. The van der Waals surface area contributed by atoms with Crippen LogP contribution in [-0.2, 0) is 6.54 Å². The van der Waals surface area contributed by atoms with Crippen LogP contribution in [0, 0.1) is 0 Å². The first-order valence-corrected chi connectivity index (χ1v) is 8.20. The molecule has 1 aromatic heterocycles. The zero-order valence-electron chi connectivity index (χ0n) is 13.9. The van der Waals surface area contributed by atoms with E-state index in [1.807, 2.05) is 42.5 Å². The van der Waals surface area contributed by atoms with Crippen LogP contribution in [-0.4, -0.2) is 5.91 Å². The maximum Gasteiger partial charge on any atom is 0.336 e. The van der Waals surface area contributed by atoms with Crippen LogP contribution in [0.5, 0.6) is 0 Å². The second kappa shape index (κ2) is 6.37. The smallest absolute Gasteiger partial charge is 0.336 e. The van der Waals surface area contributed by atoms with E-state index < -0.39 is 11.5 Å². The summed E-state index contributed by atoms with van der Waals surface area (Å²) < 4.78 is 5.37. The third kappa shape index (κ3) is 2.91. The van der Waals surface area contributed by atoms with E-state index in [0.717, 1.165) is 27.4 Å². The molecule has 3 N–H and O–H groups in total. The molecule has 0 radical (unpaired) electrons. The average Bonchev–Trinajstić information content (AvgIpc) is 2.65. The fraction of sp³-hybridized carbons (Fsp3) is 0.0476. The van der Waals surface area contributed by atoms with Gasteiger partial charge >= 0.3 is 5.63 Å². The van der Waals surface area contributed by atoms with E-state index in [0.29, 0.717) is 17.7 Å². The molecule has 0 saturated carbocycles. The first-order valence-electron chi connectivity index (χ1n) is 8.20. The molecule has 5 heteroatoms. The van der Waals surface area contributed by atoms with E-state index in [-0.39, 0.29) is 0 Å². The van der Waals surface area contributed by atoms with Crippen molar-refractivity contribution >= 4 is 33.3 Å². The molecular formula is C21H16N2O3. The van der Waals surface area contributed by atoms with Gasteiger partial charge in [0.15, 0.2) is 0 Å². The summed E-state index contributed by atoms with van der Waals surface area (Å²) >= 11 is 0. The number of primary amides is 1. The standard InChI is InChI=1S/C21H16N2O3/c22-21(25)14-5-3-6-16(10-14)23-12-15-11-19(24)26-18-9-8-13-4-1-2-7-17(13)20(15)18/h1-11,23H,12H2,(H2,22,25). The fourth-order valence-corrected chi connectivity index (χ4v) is 3.14. The van der Waals surface area contributed by atoms with Crippen molar-refractivity contribution in [2.45, 2.75) is 6.54 Å². The highest BCUT2D eigenvalue weighted by Crippen LogP contribution is 2.27. The SMILES string of the molecule is NC(=O)c1cccc(NCc2cc(=O)oc3ccc4ccccc4c23)c1. The van der Waals surface area contributed by atoms with Crippen LogP contribution in [0.4, 0.5) is 5.69 Å². The zero-order chi connectivity index (χ0) is 18.1. The summed E-state index contributed by atoms with van der Waals surface area (Å²) in [6.07, 6.45) is 0. The molecule has 0 bridgehead atoms. The molecule has 1 heterocycles. The number of nitrogens with two attached hydrogens (primary N) is 1. The van der Waals surface area contributed by atoms with Crippen LogP contribution in [0.1, 0.15) is 15.9 Å². The lowest BCUT2D eigenvalue weighted by molar-refractivity contribution is 0.100. The van der Waals surface area contributed by atoms with Gasteiger partial charge < -0.3 is 15.5 Å². The summed E-state index contributed by atoms with van der Waals surface area (Å²) in [6, 6.07) is 20.2. The molecule has 4 rings (SSSR count).